The van der Waals surface area contributed by atoms with Gasteiger partial charge in [0.1, 0.15) is 0 Å². The number of pyridine rings is 1. The van der Waals surface area contributed by atoms with Gasteiger partial charge in [-0.05, 0) is 35.4 Å². The Morgan fingerprint density at radius 2 is 1.78 bits per heavy atom. The van der Waals surface area contributed by atoms with E-state index in [2.05, 4.69) is 10.3 Å². The molecule has 0 saturated carbocycles. The van der Waals surface area contributed by atoms with E-state index in [9.17, 15) is 5.11 Å². The van der Waals surface area contributed by atoms with Crippen molar-refractivity contribution in [2.45, 2.75) is 12.6 Å². The molecule has 0 fully saturated rings. The van der Waals surface area contributed by atoms with Crippen LogP contribution >= 0.6 is 11.6 Å². The third-order valence-corrected chi connectivity index (χ3v) is 3.01. The third kappa shape index (κ3) is 3.53. The van der Waals surface area contributed by atoms with E-state index in [1.165, 1.54) is 0 Å². The van der Waals surface area contributed by atoms with Gasteiger partial charge in [0.05, 0.1) is 12.6 Å². The first-order chi connectivity index (χ1) is 8.79. The Hall–Kier alpha value is -1.42. The zero-order valence-corrected chi connectivity index (χ0v) is 10.6. The maximum Gasteiger partial charge on any atom is 0.0626 e. The second-order valence-electron chi connectivity index (χ2n) is 4.02. The van der Waals surface area contributed by atoms with E-state index in [0.29, 0.717) is 11.6 Å². The van der Waals surface area contributed by atoms with Crippen molar-refractivity contribution in [2.75, 3.05) is 6.61 Å². The van der Waals surface area contributed by atoms with Crippen molar-refractivity contribution in [3.05, 3.63) is 64.9 Å². The molecule has 0 amide bonds. The molecule has 94 valence electrons. The minimum Gasteiger partial charge on any atom is -0.394 e. The lowest BCUT2D eigenvalue weighted by atomic mass is 10.1. The number of halogens is 1. The van der Waals surface area contributed by atoms with Crippen LogP contribution in [0.4, 0.5) is 0 Å². The standard InChI is InChI=1S/C14H15ClN2O/c15-13-3-1-12(2-4-13)14(10-18)17-9-11-5-7-16-8-6-11/h1-8,14,17-18H,9-10H2. The number of aliphatic hydroxyl groups excluding tert-OH is 1. The van der Waals surface area contributed by atoms with Crippen LogP contribution in [-0.4, -0.2) is 16.7 Å². The third-order valence-electron chi connectivity index (χ3n) is 2.76. The number of aliphatic hydroxyl groups is 1. The summed E-state index contributed by atoms with van der Waals surface area (Å²) in [6.45, 7) is 0.739. The SMILES string of the molecule is OCC(NCc1ccncc1)c1ccc(Cl)cc1. The smallest absolute Gasteiger partial charge is 0.0626 e. The molecule has 1 heterocycles. The Labute approximate surface area is 111 Å². The highest BCUT2D eigenvalue weighted by Gasteiger charge is 2.09. The van der Waals surface area contributed by atoms with E-state index in [1.54, 1.807) is 12.4 Å². The van der Waals surface area contributed by atoms with Crippen molar-refractivity contribution >= 4 is 11.6 Å². The van der Waals surface area contributed by atoms with E-state index in [-0.39, 0.29) is 12.6 Å². The van der Waals surface area contributed by atoms with E-state index in [1.807, 2.05) is 36.4 Å². The van der Waals surface area contributed by atoms with Gasteiger partial charge in [-0.2, -0.15) is 0 Å². The molecule has 2 rings (SSSR count). The van der Waals surface area contributed by atoms with Crippen LogP contribution in [0.2, 0.25) is 5.02 Å². The second kappa shape index (κ2) is 6.50. The molecule has 4 heteroatoms. The van der Waals surface area contributed by atoms with Crippen LogP contribution in [0.3, 0.4) is 0 Å². The van der Waals surface area contributed by atoms with Gasteiger partial charge >= 0.3 is 0 Å². The molecule has 1 atom stereocenters. The van der Waals surface area contributed by atoms with Crippen molar-refractivity contribution in [2.24, 2.45) is 0 Å². The number of rotatable bonds is 5. The predicted molar refractivity (Wildman–Crippen MR) is 72.4 cm³/mol. The quantitative estimate of drug-likeness (QED) is 0.871. The van der Waals surface area contributed by atoms with Gasteiger partial charge in [0, 0.05) is 24.0 Å². The normalized spacial score (nSPS) is 12.3. The number of aromatic nitrogens is 1. The summed E-state index contributed by atoms with van der Waals surface area (Å²) in [6, 6.07) is 11.3. The molecule has 0 spiro atoms. The van der Waals surface area contributed by atoms with Crippen LogP contribution in [0, 0.1) is 0 Å². The predicted octanol–water partition coefficient (Wildman–Crippen LogP) is 2.56. The Morgan fingerprint density at radius 3 is 2.39 bits per heavy atom. The summed E-state index contributed by atoms with van der Waals surface area (Å²) < 4.78 is 0. The lowest BCUT2D eigenvalue weighted by Crippen LogP contribution is -2.23. The van der Waals surface area contributed by atoms with E-state index < -0.39 is 0 Å². The fourth-order valence-corrected chi connectivity index (χ4v) is 1.85. The highest BCUT2D eigenvalue weighted by atomic mass is 35.5. The summed E-state index contributed by atoms with van der Waals surface area (Å²) in [5.74, 6) is 0. The monoisotopic (exact) mass is 262 g/mol. The van der Waals surface area contributed by atoms with Gasteiger partial charge in [0.2, 0.25) is 0 Å². The summed E-state index contributed by atoms with van der Waals surface area (Å²) >= 11 is 5.84. The number of hydrogen-bond acceptors (Lipinski definition) is 3. The van der Waals surface area contributed by atoms with Gasteiger partial charge in [0.15, 0.2) is 0 Å². The Bertz CT molecular complexity index is 473. The van der Waals surface area contributed by atoms with Gasteiger partial charge in [0.25, 0.3) is 0 Å². The molecule has 0 bridgehead atoms. The molecular formula is C14H15ClN2O. The molecule has 18 heavy (non-hydrogen) atoms. The van der Waals surface area contributed by atoms with E-state index in [4.69, 9.17) is 11.6 Å². The maximum absolute atomic E-state index is 9.42. The molecule has 3 nitrogen and oxygen atoms in total. The molecule has 1 aromatic heterocycles. The topological polar surface area (TPSA) is 45.1 Å². The lowest BCUT2D eigenvalue weighted by Gasteiger charge is -2.16. The number of hydrogen-bond donors (Lipinski definition) is 2. The summed E-state index contributed by atoms with van der Waals surface area (Å²) in [5.41, 5.74) is 2.16. The van der Waals surface area contributed by atoms with Gasteiger partial charge in [-0.15, -0.1) is 0 Å². The van der Waals surface area contributed by atoms with Crippen LogP contribution in [-0.2, 0) is 6.54 Å². The summed E-state index contributed by atoms with van der Waals surface area (Å²) in [7, 11) is 0. The fraction of sp³-hybridized carbons (Fsp3) is 0.214. The molecule has 0 aliphatic heterocycles. The fourth-order valence-electron chi connectivity index (χ4n) is 1.72. The van der Waals surface area contributed by atoms with Crippen molar-refractivity contribution in [1.82, 2.24) is 10.3 Å². The number of nitrogens with one attached hydrogen (secondary N) is 1. The largest absolute Gasteiger partial charge is 0.394 e. The molecule has 2 N–H and O–H groups in total. The van der Waals surface area contributed by atoms with Crippen LogP contribution in [0.25, 0.3) is 0 Å². The Kier molecular flexibility index (Phi) is 4.70. The highest BCUT2D eigenvalue weighted by Crippen LogP contribution is 2.16. The van der Waals surface area contributed by atoms with Crippen LogP contribution in [0.5, 0.6) is 0 Å². The average molecular weight is 263 g/mol. The molecule has 0 aliphatic carbocycles. The van der Waals surface area contributed by atoms with Crippen LogP contribution in [0.1, 0.15) is 17.2 Å². The molecule has 0 aliphatic rings. The molecule has 1 unspecified atom stereocenters. The van der Waals surface area contributed by atoms with E-state index in [0.717, 1.165) is 11.1 Å². The first-order valence-electron chi connectivity index (χ1n) is 5.78. The van der Waals surface area contributed by atoms with Crippen LogP contribution < -0.4 is 5.32 Å². The van der Waals surface area contributed by atoms with Crippen molar-refractivity contribution in [3.63, 3.8) is 0 Å². The minimum absolute atomic E-state index is 0.0483. The number of nitrogens with zero attached hydrogens (tertiary/aromatic N) is 1. The van der Waals surface area contributed by atoms with Gasteiger partial charge in [-0.1, -0.05) is 23.7 Å². The zero-order valence-electron chi connectivity index (χ0n) is 9.88. The molecule has 0 saturated heterocycles. The number of benzene rings is 1. The van der Waals surface area contributed by atoms with E-state index >= 15 is 0 Å². The summed E-state index contributed by atoms with van der Waals surface area (Å²) in [6.07, 6.45) is 3.51. The van der Waals surface area contributed by atoms with Crippen molar-refractivity contribution in [1.29, 1.82) is 0 Å². The average Bonchev–Trinajstić information content (AvgIpc) is 2.42. The molecular weight excluding hydrogens is 248 g/mol. The summed E-state index contributed by atoms with van der Waals surface area (Å²) in [5, 5.41) is 13.4. The van der Waals surface area contributed by atoms with Gasteiger partial charge in [-0.3, -0.25) is 4.98 Å². The Morgan fingerprint density at radius 1 is 1.11 bits per heavy atom. The minimum atomic E-state index is -0.0876. The lowest BCUT2D eigenvalue weighted by molar-refractivity contribution is 0.243. The van der Waals surface area contributed by atoms with Crippen molar-refractivity contribution < 1.29 is 5.11 Å². The Balaban J connectivity index is 1.99. The highest BCUT2D eigenvalue weighted by molar-refractivity contribution is 6.30. The van der Waals surface area contributed by atoms with Crippen LogP contribution in [0.15, 0.2) is 48.8 Å². The second-order valence-corrected chi connectivity index (χ2v) is 4.46. The zero-order chi connectivity index (χ0) is 12.8. The van der Waals surface area contributed by atoms with Gasteiger partial charge in [-0.25, -0.2) is 0 Å². The van der Waals surface area contributed by atoms with Gasteiger partial charge < -0.3 is 10.4 Å². The summed E-state index contributed by atoms with van der Waals surface area (Å²) in [4.78, 5) is 3.97. The molecule has 1 aromatic carbocycles. The molecule has 0 radical (unpaired) electrons. The first-order valence-corrected chi connectivity index (χ1v) is 6.16. The van der Waals surface area contributed by atoms with Crippen molar-refractivity contribution in [3.8, 4) is 0 Å². The molecule has 2 aromatic rings. The first kappa shape index (κ1) is 13.0. The maximum atomic E-state index is 9.42.